The van der Waals surface area contributed by atoms with Crippen LogP contribution in [0.1, 0.15) is 13.8 Å². The van der Waals surface area contributed by atoms with Gasteiger partial charge in [0.2, 0.25) is 0 Å². The Bertz CT molecular complexity index is 837. The molecule has 0 bridgehead atoms. The molecule has 4 rings (SSSR count). The molecule has 2 atom stereocenters. The van der Waals surface area contributed by atoms with Gasteiger partial charge in [-0.3, -0.25) is 0 Å². The number of morpholine rings is 1. The van der Waals surface area contributed by atoms with Crippen LogP contribution in [0.5, 0.6) is 0 Å². The summed E-state index contributed by atoms with van der Waals surface area (Å²) < 4.78 is 5.87. The first-order valence-electron chi connectivity index (χ1n) is 8.56. The number of anilines is 1. The number of hydrogen-bond donors (Lipinski definition) is 0. The fraction of sp³-hybridized carbons (Fsp3) is 0.286. The molecule has 0 radical (unpaired) electrons. The molecule has 24 heavy (non-hydrogen) atoms. The summed E-state index contributed by atoms with van der Waals surface area (Å²) in [6, 6.07) is 21.2. The van der Waals surface area contributed by atoms with E-state index in [9.17, 15) is 0 Å². The van der Waals surface area contributed by atoms with E-state index in [1.807, 2.05) is 0 Å². The van der Waals surface area contributed by atoms with Gasteiger partial charge in [0.1, 0.15) is 5.82 Å². The fourth-order valence-corrected chi connectivity index (χ4v) is 3.54. The SMILES string of the molecule is C[C@@H]1CN(c2cc(-c3ccccc3)c3ccccc3n2)C[C@@H](C)O1. The second-order valence-electron chi connectivity index (χ2n) is 6.57. The van der Waals surface area contributed by atoms with Crippen molar-refractivity contribution in [2.24, 2.45) is 0 Å². The number of fused-ring (bicyclic) bond motifs is 1. The Morgan fingerprint density at radius 2 is 1.58 bits per heavy atom. The van der Waals surface area contributed by atoms with Crippen molar-refractivity contribution >= 4 is 16.7 Å². The number of pyridine rings is 1. The largest absolute Gasteiger partial charge is 0.372 e. The van der Waals surface area contributed by atoms with Crippen LogP contribution in [0, 0.1) is 0 Å². The summed E-state index contributed by atoms with van der Waals surface area (Å²) in [5, 5.41) is 1.20. The smallest absolute Gasteiger partial charge is 0.130 e. The highest BCUT2D eigenvalue weighted by Gasteiger charge is 2.24. The maximum absolute atomic E-state index is 5.87. The third-order valence-electron chi connectivity index (χ3n) is 4.53. The van der Waals surface area contributed by atoms with E-state index < -0.39 is 0 Å². The summed E-state index contributed by atoms with van der Waals surface area (Å²) in [6.07, 6.45) is 0.449. The zero-order valence-electron chi connectivity index (χ0n) is 14.1. The second kappa shape index (κ2) is 6.25. The van der Waals surface area contributed by atoms with Crippen molar-refractivity contribution in [1.29, 1.82) is 0 Å². The molecule has 0 saturated carbocycles. The van der Waals surface area contributed by atoms with E-state index in [0.29, 0.717) is 0 Å². The Hall–Kier alpha value is -2.39. The van der Waals surface area contributed by atoms with E-state index in [2.05, 4.69) is 79.4 Å². The standard InChI is InChI=1S/C21H22N2O/c1-15-13-23(14-16(2)24-15)21-12-19(17-8-4-3-5-9-17)18-10-6-7-11-20(18)22-21/h3-12,15-16H,13-14H2,1-2H3/t15-,16-/m1/s1. The molecule has 1 saturated heterocycles. The molecule has 3 nitrogen and oxygen atoms in total. The molecule has 1 aliphatic rings. The van der Waals surface area contributed by atoms with Crippen LogP contribution in [-0.2, 0) is 4.74 Å². The summed E-state index contributed by atoms with van der Waals surface area (Å²) in [5.74, 6) is 1.04. The normalized spacial score (nSPS) is 21.2. The second-order valence-corrected chi connectivity index (χ2v) is 6.57. The first-order chi connectivity index (χ1) is 11.7. The lowest BCUT2D eigenvalue weighted by Gasteiger charge is -2.36. The van der Waals surface area contributed by atoms with E-state index in [0.717, 1.165) is 24.4 Å². The van der Waals surface area contributed by atoms with E-state index in [1.54, 1.807) is 0 Å². The minimum atomic E-state index is 0.224. The lowest BCUT2D eigenvalue weighted by molar-refractivity contribution is -0.00544. The number of rotatable bonds is 2. The lowest BCUT2D eigenvalue weighted by Crippen LogP contribution is -2.45. The van der Waals surface area contributed by atoms with Crippen molar-refractivity contribution in [3.63, 3.8) is 0 Å². The van der Waals surface area contributed by atoms with Gasteiger partial charge in [-0.1, -0.05) is 48.5 Å². The van der Waals surface area contributed by atoms with Crippen LogP contribution in [-0.4, -0.2) is 30.3 Å². The number of benzene rings is 2. The Kier molecular flexibility index (Phi) is 3.95. The first-order valence-corrected chi connectivity index (χ1v) is 8.56. The molecule has 0 unspecified atom stereocenters. The van der Waals surface area contributed by atoms with Gasteiger partial charge in [-0.05, 0) is 37.1 Å². The third kappa shape index (κ3) is 2.87. The number of hydrogen-bond acceptors (Lipinski definition) is 3. The molecule has 1 aliphatic heterocycles. The molecular formula is C21H22N2O. The van der Waals surface area contributed by atoms with E-state index in [-0.39, 0.29) is 12.2 Å². The van der Waals surface area contributed by atoms with Crippen LogP contribution in [0.15, 0.2) is 60.7 Å². The number of ether oxygens (including phenoxy) is 1. The van der Waals surface area contributed by atoms with Crippen molar-refractivity contribution in [3.05, 3.63) is 60.7 Å². The maximum atomic E-state index is 5.87. The molecule has 2 heterocycles. The lowest BCUT2D eigenvalue weighted by atomic mass is 10.0. The van der Waals surface area contributed by atoms with Crippen LogP contribution in [0.3, 0.4) is 0 Å². The third-order valence-corrected chi connectivity index (χ3v) is 4.53. The van der Waals surface area contributed by atoms with Crippen molar-refractivity contribution < 1.29 is 4.74 Å². The predicted octanol–water partition coefficient (Wildman–Crippen LogP) is 4.52. The van der Waals surface area contributed by atoms with Gasteiger partial charge in [-0.2, -0.15) is 0 Å². The molecule has 0 amide bonds. The van der Waals surface area contributed by atoms with Gasteiger partial charge in [0.05, 0.1) is 17.7 Å². The highest BCUT2D eigenvalue weighted by Crippen LogP contribution is 2.32. The van der Waals surface area contributed by atoms with Crippen LogP contribution in [0.4, 0.5) is 5.82 Å². The molecule has 0 aliphatic carbocycles. The highest BCUT2D eigenvalue weighted by atomic mass is 16.5. The maximum Gasteiger partial charge on any atom is 0.130 e. The van der Waals surface area contributed by atoms with Gasteiger partial charge in [0, 0.05) is 18.5 Å². The van der Waals surface area contributed by atoms with Gasteiger partial charge in [0.25, 0.3) is 0 Å². The summed E-state index contributed by atoms with van der Waals surface area (Å²) in [4.78, 5) is 7.27. The minimum Gasteiger partial charge on any atom is -0.372 e. The Balaban J connectivity index is 1.86. The average molecular weight is 318 g/mol. The summed E-state index contributed by atoms with van der Waals surface area (Å²) in [6.45, 7) is 6.01. The number of aromatic nitrogens is 1. The quantitative estimate of drug-likeness (QED) is 0.695. The van der Waals surface area contributed by atoms with Gasteiger partial charge < -0.3 is 9.64 Å². The van der Waals surface area contributed by atoms with Gasteiger partial charge >= 0.3 is 0 Å². The highest BCUT2D eigenvalue weighted by molar-refractivity contribution is 5.96. The predicted molar refractivity (Wildman–Crippen MR) is 99.4 cm³/mol. The van der Waals surface area contributed by atoms with Crippen molar-refractivity contribution in [1.82, 2.24) is 4.98 Å². The molecule has 1 fully saturated rings. The van der Waals surface area contributed by atoms with Crippen LogP contribution >= 0.6 is 0 Å². The molecule has 122 valence electrons. The molecule has 0 spiro atoms. The first kappa shape index (κ1) is 15.2. The Morgan fingerprint density at radius 1 is 0.917 bits per heavy atom. The molecule has 3 aromatic rings. The van der Waals surface area contributed by atoms with E-state index in [4.69, 9.17) is 9.72 Å². The van der Waals surface area contributed by atoms with E-state index in [1.165, 1.54) is 16.5 Å². The number of para-hydroxylation sites is 1. The van der Waals surface area contributed by atoms with Crippen molar-refractivity contribution in [2.45, 2.75) is 26.1 Å². The Labute approximate surface area is 142 Å². The topological polar surface area (TPSA) is 25.4 Å². The van der Waals surface area contributed by atoms with E-state index >= 15 is 0 Å². The summed E-state index contributed by atoms with van der Waals surface area (Å²) in [7, 11) is 0. The Morgan fingerprint density at radius 3 is 2.33 bits per heavy atom. The summed E-state index contributed by atoms with van der Waals surface area (Å²) >= 11 is 0. The van der Waals surface area contributed by atoms with Crippen LogP contribution < -0.4 is 4.90 Å². The number of nitrogens with zero attached hydrogens (tertiary/aromatic N) is 2. The molecular weight excluding hydrogens is 296 g/mol. The minimum absolute atomic E-state index is 0.224. The molecule has 1 aromatic heterocycles. The van der Waals surface area contributed by atoms with Crippen molar-refractivity contribution in [3.8, 4) is 11.1 Å². The summed E-state index contributed by atoms with van der Waals surface area (Å²) in [5.41, 5.74) is 3.51. The molecule has 3 heteroatoms. The van der Waals surface area contributed by atoms with Crippen LogP contribution in [0.25, 0.3) is 22.0 Å². The average Bonchev–Trinajstić information content (AvgIpc) is 2.61. The van der Waals surface area contributed by atoms with Gasteiger partial charge in [-0.15, -0.1) is 0 Å². The van der Waals surface area contributed by atoms with Gasteiger partial charge in [0.15, 0.2) is 0 Å². The monoisotopic (exact) mass is 318 g/mol. The zero-order valence-corrected chi connectivity index (χ0v) is 14.1. The molecule has 2 aromatic carbocycles. The van der Waals surface area contributed by atoms with Crippen LogP contribution in [0.2, 0.25) is 0 Å². The fourth-order valence-electron chi connectivity index (χ4n) is 3.54. The van der Waals surface area contributed by atoms with Crippen molar-refractivity contribution in [2.75, 3.05) is 18.0 Å². The molecule has 0 N–H and O–H groups in total. The zero-order chi connectivity index (χ0) is 16.5. The van der Waals surface area contributed by atoms with Gasteiger partial charge in [-0.25, -0.2) is 4.98 Å².